The van der Waals surface area contributed by atoms with Crippen molar-refractivity contribution in [1.29, 1.82) is 0 Å². The van der Waals surface area contributed by atoms with Crippen molar-refractivity contribution in [2.45, 2.75) is 97.7 Å². The SMILES string of the molecule is CC(C)C(NC(=O)NC(C(=O)N1CCCC1C=O)C(C)(C)C)C(=O)C1CCCCC1. The van der Waals surface area contributed by atoms with Crippen LogP contribution in [-0.2, 0) is 14.4 Å². The third-order valence-electron chi connectivity index (χ3n) is 6.40. The van der Waals surface area contributed by atoms with Gasteiger partial charge in [0.05, 0.1) is 12.1 Å². The fourth-order valence-corrected chi connectivity index (χ4v) is 4.54. The molecule has 7 heteroatoms. The minimum atomic E-state index is -0.782. The van der Waals surface area contributed by atoms with E-state index in [2.05, 4.69) is 10.6 Å². The number of rotatable bonds is 7. The first-order valence-corrected chi connectivity index (χ1v) is 11.4. The Kier molecular flexibility index (Phi) is 8.44. The van der Waals surface area contributed by atoms with E-state index in [1.54, 1.807) is 4.90 Å². The summed E-state index contributed by atoms with van der Waals surface area (Å²) in [6, 6.07) is -2.29. The van der Waals surface area contributed by atoms with Crippen molar-refractivity contribution in [2.24, 2.45) is 17.3 Å². The second kappa shape index (κ2) is 10.4. The maximum Gasteiger partial charge on any atom is 0.316 e. The van der Waals surface area contributed by atoms with Gasteiger partial charge in [-0.2, -0.15) is 0 Å². The number of likely N-dealkylation sites (tertiary alicyclic amines) is 1. The zero-order valence-corrected chi connectivity index (χ0v) is 19.2. The van der Waals surface area contributed by atoms with Crippen LogP contribution in [0.15, 0.2) is 0 Å². The molecule has 2 fully saturated rings. The van der Waals surface area contributed by atoms with Gasteiger partial charge in [0.1, 0.15) is 12.3 Å². The van der Waals surface area contributed by atoms with Gasteiger partial charge in [-0.15, -0.1) is 0 Å². The highest BCUT2D eigenvalue weighted by atomic mass is 16.2. The molecule has 7 nitrogen and oxygen atoms in total. The summed E-state index contributed by atoms with van der Waals surface area (Å²) in [7, 11) is 0. The Morgan fingerprint density at radius 2 is 1.60 bits per heavy atom. The Labute approximate surface area is 180 Å². The smallest absolute Gasteiger partial charge is 0.316 e. The summed E-state index contributed by atoms with van der Waals surface area (Å²) in [4.78, 5) is 51.9. The average Bonchev–Trinajstić information content (AvgIpc) is 3.17. The molecule has 1 saturated carbocycles. The Hall–Kier alpha value is -1.92. The van der Waals surface area contributed by atoms with Crippen molar-refractivity contribution in [1.82, 2.24) is 15.5 Å². The Balaban J connectivity index is 2.09. The van der Waals surface area contributed by atoms with E-state index in [9.17, 15) is 19.2 Å². The lowest BCUT2D eigenvalue weighted by Crippen LogP contribution is -2.60. The van der Waals surface area contributed by atoms with Gasteiger partial charge in [0.2, 0.25) is 5.91 Å². The lowest BCUT2D eigenvalue weighted by Gasteiger charge is -2.35. The van der Waals surface area contributed by atoms with Crippen LogP contribution in [0.4, 0.5) is 4.79 Å². The van der Waals surface area contributed by atoms with Crippen molar-refractivity contribution in [2.75, 3.05) is 6.54 Å². The minimum Gasteiger partial charge on any atom is -0.331 e. The third-order valence-corrected chi connectivity index (χ3v) is 6.40. The molecule has 30 heavy (non-hydrogen) atoms. The van der Waals surface area contributed by atoms with Gasteiger partial charge < -0.3 is 20.3 Å². The highest BCUT2D eigenvalue weighted by Gasteiger charge is 2.40. The molecular weight excluding hydrogens is 382 g/mol. The van der Waals surface area contributed by atoms with Crippen LogP contribution in [0.5, 0.6) is 0 Å². The number of nitrogens with one attached hydrogen (secondary N) is 2. The molecule has 1 heterocycles. The molecule has 1 saturated heterocycles. The van der Waals surface area contributed by atoms with Gasteiger partial charge in [-0.1, -0.05) is 53.9 Å². The largest absolute Gasteiger partial charge is 0.331 e. The number of urea groups is 1. The minimum absolute atomic E-state index is 0.00412. The predicted molar refractivity (Wildman–Crippen MR) is 116 cm³/mol. The van der Waals surface area contributed by atoms with Crippen LogP contribution < -0.4 is 10.6 Å². The van der Waals surface area contributed by atoms with E-state index in [0.717, 1.165) is 44.8 Å². The molecule has 2 N–H and O–H groups in total. The molecule has 170 valence electrons. The first-order chi connectivity index (χ1) is 14.1. The molecule has 1 aliphatic carbocycles. The van der Waals surface area contributed by atoms with Crippen LogP contribution in [-0.4, -0.2) is 53.6 Å². The maximum absolute atomic E-state index is 13.2. The van der Waals surface area contributed by atoms with Gasteiger partial charge in [0, 0.05) is 12.5 Å². The number of carbonyl (C=O) groups excluding carboxylic acids is 4. The van der Waals surface area contributed by atoms with Crippen LogP contribution in [0.25, 0.3) is 0 Å². The Morgan fingerprint density at radius 3 is 2.13 bits per heavy atom. The molecule has 2 rings (SSSR count). The monoisotopic (exact) mass is 421 g/mol. The van der Waals surface area contributed by atoms with E-state index in [-0.39, 0.29) is 23.5 Å². The number of Topliss-reactive ketones (excluding diaryl/α,β-unsaturated/α-hetero) is 1. The van der Waals surface area contributed by atoms with E-state index in [1.165, 1.54) is 0 Å². The number of nitrogens with zero attached hydrogens (tertiary/aromatic N) is 1. The van der Waals surface area contributed by atoms with Crippen molar-refractivity contribution in [3.8, 4) is 0 Å². The summed E-state index contributed by atoms with van der Waals surface area (Å²) >= 11 is 0. The molecule has 3 atom stereocenters. The first-order valence-electron chi connectivity index (χ1n) is 11.4. The van der Waals surface area contributed by atoms with Crippen molar-refractivity contribution in [3.05, 3.63) is 0 Å². The van der Waals surface area contributed by atoms with E-state index in [0.29, 0.717) is 13.0 Å². The van der Waals surface area contributed by atoms with Crippen LogP contribution >= 0.6 is 0 Å². The highest BCUT2D eigenvalue weighted by Crippen LogP contribution is 2.27. The Bertz CT molecular complexity index is 635. The first kappa shape index (κ1) is 24.4. The lowest BCUT2D eigenvalue weighted by molar-refractivity contribution is -0.138. The molecule has 0 aromatic heterocycles. The number of amides is 3. The number of hydrogen-bond donors (Lipinski definition) is 2. The number of aldehydes is 1. The topological polar surface area (TPSA) is 95.6 Å². The van der Waals surface area contributed by atoms with E-state index >= 15 is 0 Å². The quantitative estimate of drug-likeness (QED) is 0.618. The standard InChI is InChI=1S/C23H39N3O4/c1-15(2)18(19(28)16-10-7-6-8-11-16)24-22(30)25-20(23(3,4)5)21(29)26-13-9-12-17(26)14-27/h14-18,20H,6-13H2,1-5H3,(H2,24,25,30). The predicted octanol–water partition coefficient (Wildman–Crippen LogP) is 3.06. The normalized spacial score (nSPS) is 22.5. The van der Waals surface area contributed by atoms with Crippen molar-refractivity contribution < 1.29 is 19.2 Å². The maximum atomic E-state index is 13.2. The van der Waals surface area contributed by atoms with Crippen LogP contribution in [0, 0.1) is 17.3 Å². The van der Waals surface area contributed by atoms with E-state index in [4.69, 9.17) is 0 Å². The van der Waals surface area contributed by atoms with E-state index in [1.807, 2.05) is 34.6 Å². The zero-order chi connectivity index (χ0) is 22.5. The Morgan fingerprint density at radius 1 is 0.967 bits per heavy atom. The summed E-state index contributed by atoms with van der Waals surface area (Å²) in [6.45, 7) is 10.0. The van der Waals surface area contributed by atoms with Gasteiger partial charge >= 0.3 is 6.03 Å². The fraction of sp³-hybridized carbons (Fsp3) is 0.826. The number of carbonyl (C=O) groups is 4. The molecular formula is C23H39N3O4. The van der Waals surface area contributed by atoms with Crippen molar-refractivity contribution >= 4 is 24.0 Å². The van der Waals surface area contributed by atoms with Gasteiger partial charge in [0.15, 0.2) is 5.78 Å². The van der Waals surface area contributed by atoms with Gasteiger partial charge in [-0.05, 0) is 37.0 Å². The number of ketones is 1. The fourth-order valence-electron chi connectivity index (χ4n) is 4.54. The molecule has 0 radical (unpaired) electrons. The molecule has 0 spiro atoms. The van der Waals surface area contributed by atoms with Crippen LogP contribution in [0.2, 0.25) is 0 Å². The van der Waals surface area contributed by atoms with Crippen molar-refractivity contribution in [3.63, 3.8) is 0 Å². The highest BCUT2D eigenvalue weighted by molar-refractivity contribution is 5.93. The summed E-state index contributed by atoms with van der Waals surface area (Å²) < 4.78 is 0. The summed E-state index contributed by atoms with van der Waals surface area (Å²) in [6.07, 6.45) is 7.30. The third kappa shape index (κ3) is 6.05. The molecule has 2 aliphatic rings. The summed E-state index contributed by atoms with van der Waals surface area (Å²) in [5.74, 6) is -0.178. The van der Waals surface area contributed by atoms with E-state index < -0.39 is 29.6 Å². The molecule has 0 aromatic carbocycles. The summed E-state index contributed by atoms with van der Waals surface area (Å²) in [5, 5.41) is 5.66. The van der Waals surface area contributed by atoms with Crippen LogP contribution in [0.3, 0.4) is 0 Å². The van der Waals surface area contributed by atoms with Gasteiger partial charge in [0.25, 0.3) is 0 Å². The number of hydrogen-bond acceptors (Lipinski definition) is 4. The van der Waals surface area contributed by atoms with Gasteiger partial charge in [-0.3, -0.25) is 9.59 Å². The molecule has 0 bridgehead atoms. The van der Waals surface area contributed by atoms with Crippen LogP contribution in [0.1, 0.15) is 79.6 Å². The zero-order valence-electron chi connectivity index (χ0n) is 19.2. The molecule has 0 aromatic rings. The summed E-state index contributed by atoms with van der Waals surface area (Å²) in [5.41, 5.74) is -0.537. The van der Waals surface area contributed by atoms with Gasteiger partial charge in [-0.25, -0.2) is 4.79 Å². The molecule has 3 amide bonds. The average molecular weight is 422 g/mol. The molecule has 3 unspecified atom stereocenters. The second-order valence-electron chi connectivity index (χ2n) is 10.3. The molecule has 1 aliphatic heterocycles. The second-order valence-corrected chi connectivity index (χ2v) is 10.3. The lowest BCUT2D eigenvalue weighted by atomic mass is 9.81.